The largest absolute Gasteiger partial charge is 0.389 e. The average molecular weight is 312 g/mol. The van der Waals surface area contributed by atoms with Gasteiger partial charge in [0.15, 0.2) is 6.23 Å². The van der Waals surface area contributed by atoms with E-state index in [1.54, 1.807) is 6.92 Å². The summed E-state index contributed by atoms with van der Waals surface area (Å²) >= 11 is 0. The highest BCUT2D eigenvalue weighted by Gasteiger charge is 2.16. The first-order valence-electron chi connectivity index (χ1n) is 7.68. The fourth-order valence-electron chi connectivity index (χ4n) is 2.08. The van der Waals surface area contributed by atoms with E-state index < -0.39 is 12.3 Å². The number of aliphatic hydroxyl groups excluding tert-OH is 1. The van der Waals surface area contributed by atoms with Gasteiger partial charge in [-0.1, -0.05) is 42.5 Å². The highest BCUT2D eigenvalue weighted by molar-refractivity contribution is 5.74. The summed E-state index contributed by atoms with van der Waals surface area (Å²) in [6.07, 6.45) is -1.16. The summed E-state index contributed by atoms with van der Waals surface area (Å²) in [5.74, 6) is 0. The Bertz CT molecular complexity index is 626. The second-order valence-corrected chi connectivity index (χ2v) is 5.61. The third-order valence-electron chi connectivity index (χ3n) is 3.23. The molecule has 4 heteroatoms. The normalized spacial score (nSPS) is 13.2. The number of para-hydroxylation sites is 3. The van der Waals surface area contributed by atoms with Gasteiger partial charge >= 0.3 is 0 Å². The molecule has 0 aliphatic carbocycles. The SMILES string of the molecule is C=C(C)COC(Nc1ccccc1Nc1ccccc1)C(C)O. The van der Waals surface area contributed by atoms with E-state index in [1.807, 2.05) is 61.5 Å². The van der Waals surface area contributed by atoms with Crippen molar-refractivity contribution in [1.82, 2.24) is 0 Å². The number of aliphatic hydroxyl groups is 1. The highest BCUT2D eigenvalue weighted by Crippen LogP contribution is 2.26. The van der Waals surface area contributed by atoms with Crippen LogP contribution in [-0.2, 0) is 4.74 Å². The maximum atomic E-state index is 9.93. The van der Waals surface area contributed by atoms with Gasteiger partial charge in [-0.2, -0.15) is 0 Å². The van der Waals surface area contributed by atoms with E-state index in [0.717, 1.165) is 22.6 Å². The zero-order chi connectivity index (χ0) is 16.7. The Hall–Kier alpha value is -2.30. The predicted molar refractivity (Wildman–Crippen MR) is 96.0 cm³/mol. The average Bonchev–Trinajstić information content (AvgIpc) is 2.53. The smallest absolute Gasteiger partial charge is 0.154 e. The molecule has 0 spiro atoms. The number of hydrogen-bond acceptors (Lipinski definition) is 4. The van der Waals surface area contributed by atoms with Crippen LogP contribution in [0.3, 0.4) is 0 Å². The molecule has 4 nitrogen and oxygen atoms in total. The first-order valence-corrected chi connectivity index (χ1v) is 7.68. The van der Waals surface area contributed by atoms with E-state index in [2.05, 4.69) is 17.2 Å². The van der Waals surface area contributed by atoms with Crippen LogP contribution in [0.25, 0.3) is 0 Å². The molecule has 2 aromatic rings. The van der Waals surface area contributed by atoms with Gasteiger partial charge in [0.1, 0.15) is 0 Å². The Balaban J connectivity index is 2.13. The van der Waals surface area contributed by atoms with Gasteiger partial charge in [-0.25, -0.2) is 0 Å². The molecule has 0 saturated heterocycles. The van der Waals surface area contributed by atoms with Crippen molar-refractivity contribution in [1.29, 1.82) is 0 Å². The minimum absolute atomic E-state index is 0.400. The Morgan fingerprint density at radius 2 is 1.70 bits per heavy atom. The van der Waals surface area contributed by atoms with Gasteiger partial charge in [0, 0.05) is 5.69 Å². The highest BCUT2D eigenvalue weighted by atomic mass is 16.5. The maximum absolute atomic E-state index is 9.93. The van der Waals surface area contributed by atoms with Gasteiger partial charge in [-0.15, -0.1) is 0 Å². The van der Waals surface area contributed by atoms with Crippen LogP contribution in [-0.4, -0.2) is 24.0 Å². The second-order valence-electron chi connectivity index (χ2n) is 5.61. The topological polar surface area (TPSA) is 53.5 Å². The van der Waals surface area contributed by atoms with Gasteiger partial charge in [-0.3, -0.25) is 0 Å². The van der Waals surface area contributed by atoms with Crippen molar-refractivity contribution in [3.05, 3.63) is 66.7 Å². The minimum Gasteiger partial charge on any atom is -0.389 e. The molecule has 0 saturated carbocycles. The van der Waals surface area contributed by atoms with Gasteiger partial charge in [0.05, 0.1) is 24.1 Å². The first-order chi connectivity index (χ1) is 11.1. The van der Waals surface area contributed by atoms with Crippen LogP contribution < -0.4 is 10.6 Å². The molecule has 0 aliphatic heterocycles. The van der Waals surface area contributed by atoms with Crippen LogP contribution in [0.15, 0.2) is 66.7 Å². The lowest BCUT2D eigenvalue weighted by Gasteiger charge is -2.24. The number of benzene rings is 2. The molecule has 2 unspecified atom stereocenters. The summed E-state index contributed by atoms with van der Waals surface area (Å²) in [6, 6.07) is 17.8. The summed E-state index contributed by atoms with van der Waals surface area (Å²) in [5.41, 5.74) is 3.69. The lowest BCUT2D eigenvalue weighted by atomic mass is 10.2. The molecule has 0 bridgehead atoms. The molecule has 3 N–H and O–H groups in total. The lowest BCUT2D eigenvalue weighted by molar-refractivity contribution is -0.00272. The first kappa shape index (κ1) is 17.1. The van der Waals surface area contributed by atoms with Crippen molar-refractivity contribution >= 4 is 17.1 Å². The molecule has 0 radical (unpaired) electrons. The van der Waals surface area contributed by atoms with E-state index in [-0.39, 0.29) is 0 Å². The molecule has 2 rings (SSSR count). The maximum Gasteiger partial charge on any atom is 0.154 e. The van der Waals surface area contributed by atoms with E-state index in [9.17, 15) is 5.11 Å². The number of nitrogens with one attached hydrogen (secondary N) is 2. The third kappa shape index (κ3) is 5.43. The van der Waals surface area contributed by atoms with Crippen molar-refractivity contribution in [2.24, 2.45) is 0 Å². The molecule has 2 aromatic carbocycles. The van der Waals surface area contributed by atoms with Crippen molar-refractivity contribution < 1.29 is 9.84 Å². The van der Waals surface area contributed by atoms with E-state index in [1.165, 1.54) is 0 Å². The standard InChI is InChI=1S/C19H24N2O2/c1-14(2)13-23-19(15(3)22)21-18-12-8-7-11-17(18)20-16-9-5-4-6-10-16/h4-12,15,19-22H,1,13H2,2-3H3. The Morgan fingerprint density at radius 1 is 1.09 bits per heavy atom. The zero-order valence-electron chi connectivity index (χ0n) is 13.6. The quantitative estimate of drug-likeness (QED) is 0.506. The van der Waals surface area contributed by atoms with E-state index >= 15 is 0 Å². The fourth-order valence-corrected chi connectivity index (χ4v) is 2.08. The Morgan fingerprint density at radius 3 is 2.30 bits per heavy atom. The zero-order valence-corrected chi connectivity index (χ0v) is 13.6. The second kappa shape index (κ2) is 8.36. The Kier molecular flexibility index (Phi) is 6.20. The molecule has 0 amide bonds. The number of anilines is 3. The molecule has 122 valence electrons. The Labute approximate surface area is 137 Å². The van der Waals surface area contributed by atoms with E-state index in [4.69, 9.17) is 4.74 Å². The molecule has 23 heavy (non-hydrogen) atoms. The third-order valence-corrected chi connectivity index (χ3v) is 3.23. The number of hydrogen-bond donors (Lipinski definition) is 3. The summed E-state index contributed by atoms with van der Waals surface area (Å²) < 4.78 is 5.69. The molecule has 2 atom stereocenters. The van der Waals surface area contributed by atoms with Crippen LogP contribution in [0.1, 0.15) is 13.8 Å². The molecule has 0 fully saturated rings. The van der Waals surface area contributed by atoms with Crippen LogP contribution in [0.4, 0.5) is 17.1 Å². The molecule has 0 aliphatic rings. The fraction of sp³-hybridized carbons (Fsp3) is 0.263. The molecular formula is C19H24N2O2. The minimum atomic E-state index is -0.654. The van der Waals surface area contributed by atoms with Crippen LogP contribution >= 0.6 is 0 Å². The molecule has 0 aromatic heterocycles. The predicted octanol–water partition coefficient (Wildman–Crippen LogP) is 4.14. The summed E-state index contributed by atoms with van der Waals surface area (Å²) in [7, 11) is 0. The molecular weight excluding hydrogens is 288 g/mol. The van der Waals surface area contributed by atoms with Gasteiger partial charge < -0.3 is 20.5 Å². The van der Waals surface area contributed by atoms with Gasteiger partial charge in [0.2, 0.25) is 0 Å². The molecule has 0 heterocycles. The van der Waals surface area contributed by atoms with E-state index in [0.29, 0.717) is 6.61 Å². The monoisotopic (exact) mass is 312 g/mol. The lowest BCUT2D eigenvalue weighted by Crippen LogP contribution is -2.34. The van der Waals surface area contributed by atoms with Crippen LogP contribution in [0.5, 0.6) is 0 Å². The van der Waals surface area contributed by atoms with Gasteiger partial charge in [-0.05, 0) is 38.1 Å². The van der Waals surface area contributed by atoms with Crippen LogP contribution in [0.2, 0.25) is 0 Å². The van der Waals surface area contributed by atoms with Crippen molar-refractivity contribution in [2.45, 2.75) is 26.2 Å². The summed E-state index contributed by atoms with van der Waals surface area (Å²) in [5, 5.41) is 16.5. The summed E-state index contributed by atoms with van der Waals surface area (Å²) in [6.45, 7) is 7.81. The number of ether oxygens (including phenoxy) is 1. The van der Waals surface area contributed by atoms with Crippen LogP contribution in [0, 0.1) is 0 Å². The number of rotatable bonds is 8. The van der Waals surface area contributed by atoms with Crippen molar-refractivity contribution in [3.63, 3.8) is 0 Å². The van der Waals surface area contributed by atoms with Crippen molar-refractivity contribution in [2.75, 3.05) is 17.2 Å². The van der Waals surface area contributed by atoms with Crippen molar-refractivity contribution in [3.8, 4) is 0 Å². The summed E-state index contributed by atoms with van der Waals surface area (Å²) in [4.78, 5) is 0. The van der Waals surface area contributed by atoms with Gasteiger partial charge in [0.25, 0.3) is 0 Å².